The number of nitrogens with one attached hydrogen (secondary N) is 2. The molecule has 148 valence electrons. The van der Waals surface area contributed by atoms with E-state index in [-0.39, 0.29) is 11.9 Å². The minimum Gasteiger partial charge on any atom is -0.349 e. The van der Waals surface area contributed by atoms with Crippen molar-refractivity contribution >= 4 is 27.7 Å². The molecule has 0 saturated heterocycles. The molecule has 28 heavy (non-hydrogen) atoms. The van der Waals surface area contributed by atoms with E-state index in [2.05, 4.69) is 17.0 Å². The summed E-state index contributed by atoms with van der Waals surface area (Å²) in [6, 6.07) is 15.9. The van der Waals surface area contributed by atoms with Gasteiger partial charge in [-0.2, -0.15) is 0 Å². The van der Waals surface area contributed by atoms with Crippen LogP contribution in [-0.4, -0.2) is 20.4 Å². The highest BCUT2D eigenvalue weighted by Gasteiger charge is 2.23. The van der Waals surface area contributed by atoms with Crippen molar-refractivity contribution in [2.75, 3.05) is 4.72 Å². The fourth-order valence-corrected chi connectivity index (χ4v) is 4.27. The third kappa shape index (κ3) is 5.70. The van der Waals surface area contributed by atoms with E-state index in [0.29, 0.717) is 17.2 Å². The predicted molar refractivity (Wildman–Crippen MR) is 113 cm³/mol. The number of sulfonamides is 1. The van der Waals surface area contributed by atoms with Crippen molar-refractivity contribution in [1.29, 1.82) is 0 Å². The van der Waals surface area contributed by atoms with E-state index in [9.17, 15) is 13.2 Å². The molecule has 1 aliphatic carbocycles. The van der Waals surface area contributed by atoms with Crippen molar-refractivity contribution in [3.05, 3.63) is 71.1 Å². The van der Waals surface area contributed by atoms with Gasteiger partial charge in [0.05, 0.1) is 5.41 Å². The highest BCUT2D eigenvalue weighted by molar-refractivity contribution is 7.95. The molecule has 2 unspecified atom stereocenters. The van der Waals surface area contributed by atoms with Crippen LogP contribution in [0.25, 0.3) is 6.08 Å². The van der Waals surface area contributed by atoms with Crippen LogP contribution in [0, 0.1) is 5.92 Å². The number of benzene rings is 2. The van der Waals surface area contributed by atoms with E-state index in [1.807, 2.05) is 30.3 Å². The van der Waals surface area contributed by atoms with Crippen LogP contribution >= 0.6 is 0 Å². The summed E-state index contributed by atoms with van der Waals surface area (Å²) in [5.74, 6) is 0.373. The molecule has 0 bridgehead atoms. The Morgan fingerprint density at radius 2 is 1.68 bits per heavy atom. The maximum absolute atomic E-state index is 12.5. The Labute approximate surface area is 166 Å². The molecule has 6 heteroatoms. The first-order valence-electron chi connectivity index (χ1n) is 9.60. The first-order valence-corrected chi connectivity index (χ1v) is 11.1. The summed E-state index contributed by atoms with van der Waals surface area (Å²) in [4.78, 5) is 12.5. The Bertz CT molecular complexity index is 922. The Morgan fingerprint density at radius 3 is 2.36 bits per heavy atom. The topological polar surface area (TPSA) is 75.3 Å². The summed E-state index contributed by atoms with van der Waals surface area (Å²) in [5, 5.41) is 4.23. The molecule has 1 amide bonds. The van der Waals surface area contributed by atoms with Gasteiger partial charge in [-0.3, -0.25) is 9.52 Å². The van der Waals surface area contributed by atoms with E-state index >= 15 is 0 Å². The minimum absolute atomic E-state index is 0.114. The van der Waals surface area contributed by atoms with Gasteiger partial charge in [-0.25, -0.2) is 8.42 Å². The smallest absolute Gasteiger partial charge is 0.255 e. The molecule has 1 fully saturated rings. The molecule has 2 aromatic rings. The lowest BCUT2D eigenvalue weighted by Gasteiger charge is -2.29. The van der Waals surface area contributed by atoms with Crippen LogP contribution in [0.3, 0.4) is 0 Å². The molecule has 5 nitrogen and oxygen atoms in total. The largest absolute Gasteiger partial charge is 0.349 e. The maximum atomic E-state index is 12.5. The highest BCUT2D eigenvalue weighted by Crippen LogP contribution is 2.24. The van der Waals surface area contributed by atoms with Gasteiger partial charge < -0.3 is 5.32 Å². The molecule has 2 aromatic carbocycles. The van der Waals surface area contributed by atoms with Crippen molar-refractivity contribution < 1.29 is 13.2 Å². The quantitative estimate of drug-likeness (QED) is 0.757. The second-order valence-corrected chi connectivity index (χ2v) is 8.85. The lowest BCUT2D eigenvalue weighted by molar-refractivity contribution is 0.0910. The van der Waals surface area contributed by atoms with E-state index in [4.69, 9.17) is 0 Å². The van der Waals surface area contributed by atoms with Gasteiger partial charge in [0.15, 0.2) is 0 Å². The monoisotopic (exact) mass is 398 g/mol. The number of anilines is 1. The first-order chi connectivity index (χ1) is 13.4. The van der Waals surface area contributed by atoms with Gasteiger partial charge in [0.1, 0.15) is 0 Å². The molecule has 0 radical (unpaired) electrons. The zero-order valence-electron chi connectivity index (χ0n) is 16.0. The van der Waals surface area contributed by atoms with Crippen LogP contribution in [0.15, 0.2) is 60.0 Å². The number of amides is 1. The van der Waals surface area contributed by atoms with Gasteiger partial charge in [0.2, 0.25) is 0 Å². The highest BCUT2D eigenvalue weighted by atomic mass is 32.2. The summed E-state index contributed by atoms with van der Waals surface area (Å²) in [5.41, 5.74) is 1.75. The molecular formula is C22H26N2O3S. The zero-order valence-corrected chi connectivity index (χ0v) is 16.8. The van der Waals surface area contributed by atoms with Crippen LogP contribution in [-0.2, 0) is 10.0 Å². The Hall–Kier alpha value is -2.60. The predicted octanol–water partition coefficient (Wildman–Crippen LogP) is 4.41. The molecule has 0 aromatic heterocycles. The number of hydrogen-bond acceptors (Lipinski definition) is 3. The molecule has 1 saturated carbocycles. The third-order valence-corrected chi connectivity index (χ3v) is 6.09. The maximum Gasteiger partial charge on any atom is 0.255 e. The number of carbonyl (C=O) groups excluding carboxylic acids is 1. The van der Waals surface area contributed by atoms with Crippen LogP contribution in [0.1, 0.15) is 48.5 Å². The normalized spacial score (nSPS) is 20.0. The molecule has 2 atom stereocenters. The van der Waals surface area contributed by atoms with Gasteiger partial charge in [-0.15, -0.1) is 0 Å². The van der Waals surface area contributed by atoms with Crippen LogP contribution in [0.5, 0.6) is 0 Å². The number of carbonyl (C=O) groups is 1. The summed E-state index contributed by atoms with van der Waals surface area (Å²) < 4.78 is 26.9. The van der Waals surface area contributed by atoms with Crippen molar-refractivity contribution in [2.45, 2.75) is 38.6 Å². The zero-order chi connectivity index (χ0) is 20.0. The second-order valence-electron chi connectivity index (χ2n) is 7.28. The molecule has 3 rings (SSSR count). The number of rotatable bonds is 6. The Balaban J connectivity index is 1.60. The summed E-state index contributed by atoms with van der Waals surface area (Å²) in [6.07, 6.45) is 6.06. The Kier molecular flexibility index (Phi) is 6.52. The fourth-order valence-electron chi connectivity index (χ4n) is 3.40. The van der Waals surface area contributed by atoms with Crippen LogP contribution in [0.4, 0.5) is 5.69 Å². The molecule has 0 aliphatic heterocycles. The number of hydrogen-bond donors (Lipinski definition) is 2. The average Bonchev–Trinajstić information content (AvgIpc) is 2.69. The molecule has 2 N–H and O–H groups in total. The van der Waals surface area contributed by atoms with Gasteiger partial charge in [0.25, 0.3) is 15.9 Å². The van der Waals surface area contributed by atoms with Crippen molar-refractivity contribution in [3.8, 4) is 0 Å². The fraction of sp³-hybridized carbons (Fsp3) is 0.318. The van der Waals surface area contributed by atoms with E-state index < -0.39 is 10.0 Å². The van der Waals surface area contributed by atoms with Crippen LogP contribution < -0.4 is 10.0 Å². The lowest BCUT2D eigenvalue weighted by atomic mass is 9.86. The lowest BCUT2D eigenvalue weighted by Crippen LogP contribution is -2.41. The first kappa shape index (κ1) is 20.1. The van der Waals surface area contributed by atoms with Crippen molar-refractivity contribution in [1.82, 2.24) is 5.32 Å². The summed E-state index contributed by atoms with van der Waals surface area (Å²) in [6.45, 7) is 2.17. The Morgan fingerprint density at radius 1 is 1.00 bits per heavy atom. The van der Waals surface area contributed by atoms with Crippen molar-refractivity contribution in [2.24, 2.45) is 5.92 Å². The SMILES string of the molecule is CC1CCCCC1NC(=O)c1ccc(NS(=O)(=O)/C=C/c2ccccc2)cc1. The standard InChI is InChI=1S/C22H26N2O3S/c1-17-7-5-6-10-21(17)23-22(25)19-11-13-20(14-12-19)24-28(26,27)16-15-18-8-3-2-4-9-18/h2-4,8-9,11-17,21,24H,5-7,10H2,1H3,(H,23,25)/b16-15+. The molecule has 0 spiro atoms. The van der Waals surface area contributed by atoms with Gasteiger partial charge >= 0.3 is 0 Å². The molecule has 1 aliphatic rings. The summed E-state index contributed by atoms with van der Waals surface area (Å²) in [7, 11) is -3.63. The van der Waals surface area contributed by atoms with Crippen molar-refractivity contribution in [3.63, 3.8) is 0 Å². The second kappa shape index (κ2) is 9.06. The molecular weight excluding hydrogens is 372 g/mol. The van der Waals surface area contributed by atoms with Gasteiger partial charge in [-0.1, -0.05) is 50.1 Å². The third-order valence-electron chi connectivity index (χ3n) is 5.07. The average molecular weight is 399 g/mol. The van der Waals surface area contributed by atoms with Gasteiger partial charge in [0, 0.05) is 17.3 Å². The van der Waals surface area contributed by atoms with Crippen LogP contribution in [0.2, 0.25) is 0 Å². The minimum atomic E-state index is -3.63. The summed E-state index contributed by atoms with van der Waals surface area (Å²) >= 11 is 0. The van der Waals surface area contributed by atoms with Gasteiger partial charge in [-0.05, 0) is 54.7 Å². The van der Waals surface area contributed by atoms with E-state index in [1.165, 1.54) is 12.5 Å². The van der Waals surface area contributed by atoms with E-state index in [1.54, 1.807) is 24.3 Å². The van der Waals surface area contributed by atoms with E-state index in [0.717, 1.165) is 30.2 Å². The molecule has 0 heterocycles.